The highest BCUT2D eigenvalue weighted by molar-refractivity contribution is 4.89. The highest BCUT2D eigenvalue weighted by Crippen LogP contribution is 2.45. The first-order chi connectivity index (χ1) is 6.58. The molecule has 1 saturated carbocycles. The van der Waals surface area contributed by atoms with E-state index in [9.17, 15) is 5.11 Å². The van der Waals surface area contributed by atoms with E-state index in [-0.39, 0.29) is 6.10 Å². The average molecular weight is 196 g/mol. The molecule has 1 fully saturated rings. The zero-order valence-electron chi connectivity index (χ0n) is 9.63. The summed E-state index contributed by atoms with van der Waals surface area (Å²) in [6, 6.07) is 0. The van der Waals surface area contributed by atoms with Gasteiger partial charge in [-0.25, -0.2) is 0 Å². The summed E-state index contributed by atoms with van der Waals surface area (Å²) >= 11 is 0. The van der Waals surface area contributed by atoms with Crippen LogP contribution in [0.4, 0.5) is 0 Å². The molecule has 0 radical (unpaired) electrons. The Morgan fingerprint density at radius 3 is 2.79 bits per heavy atom. The maximum absolute atomic E-state index is 10.1. The van der Waals surface area contributed by atoms with Crippen molar-refractivity contribution in [1.82, 2.24) is 0 Å². The summed E-state index contributed by atoms with van der Waals surface area (Å²) in [5, 5.41) is 10.1. The topological polar surface area (TPSA) is 20.2 Å². The normalized spacial score (nSPS) is 27.5. The summed E-state index contributed by atoms with van der Waals surface area (Å²) < 4.78 is 0. The first kappa shape index (κ1) is 11.8. The maximum Gasteiger partial charge on any atom is 0.0573 e. The van der Waals surface area contributed by atoms with Gasteiger partial charge in [0.05, 0.1) is 6.10 Å². The summed E-state index contributed by atoms with van der Waals surface area (Å²) in [6.45, 7) is 8.29. The Labute approximate surface area is 88.2 Å². The van der Waals surface area contributed by atoms with Crippen molar-refractivity contribution in [3.63, 3.8) is 0 Å². The Morgan fingerprint density at radius 2 is 2.29 bits per heavy atom. The van der Waals surface area contributed by atoms with E-state index in [2.05, 4.69) is 20.4 Å². The third-order valence-electron chi connectivity index (χ3n) is 3.71. The van der Waals surface area contributed by atoms with E-state index < -0.39 is 0 Å². The van der Waals surface area contributed by atoms with Crippen LogP contribution in [0.15, 0.2) is 12.7 Å². The van der Waals surface area contributed by atoms with Crippen LogP contribution in [-0.2, 0) is 0 Å². The quantitative estimate of drug-likeness (QED) is 0.527. The van der Waals surface area contributed by atoms with Crippen LogP contribution >= 0.6 is 0 Å². The van der Waals surface area contributed by atoms with E-state index in [0.717, 1.165) is 19.3 Å². The zero-order valence-corrected chi connectivity index (χ0v) is 9.63. The van der Waals surface area contributed by atoms with Gasteiger partial charge in [0, 0.05) is 0 Å². The van der Waals surface area contributed by atoms with Crippen LogP contribution in [0.2, 0.25) is 0 Å². The molecule has 1 aliphatic carbocycles. The molecular weight excluding hydrogens is 172 g/mol. The Morgan fingerprint density at radius 1 is 1.57 bits per heavy atom. The lowest BCUT2D eigenvalue weighted by Gasteiger charge is -2.31. The van der Waals surface area contributed by atoms with Gasteiger partial charge < -0.3 is 5.11 Å². The Kier molecular flexibility index (Phi) is 4.18. The number of allylic oxidation sites excluding steroid dienone is 1. The van der Waals surface area contributed by atoms with E-state index in [0.29, 0.717) is 11.3 Å². The molecule has 2 atom stereocenters. The molecule has 0 aromatic heterocycles. The molecule has 14 heavy (non-hydrogen) atoms. The minimum atomic E-state index is -0.0903. The Balaban J connectivity index is 2.36. The standard InChI is InChI=1S/C13H24O/c1-4-5-6-9-12(14)11-8-7-10-13(11,2)3/h4,11-12,14H,1,5-10H2,2-3H3. The molecule has 1 rings (SSSR count). The molecule has 1 N–H and O–H groups in total. The highest BCUT2D eigenvalue weighted by Gasteiger charge is 2.38. The van der Waals surface area contributed by atoms with E-state index in [4.69, 9.17) is 0 Å². The molecule has 0 spiro atoms. The second-order valence-electron chi connectivity index (χ2n) is 5.27. The van der Waals surface area contributed by atoms with Crippen LogP contribution in [0.3, 0.4) is 0 Å². The number of aliphatic hydroxyl groups is 1. The van der Waals surface area contributed by atoms with E-state index in [1.54, 1.807) is 0 Å². The van der Waals surface area contributed by atoms with Crippen molar-refractivity contribution < 1.29 is 5.11 Å². The SMILES string of the molecule is C=CCCCC(O)C1CCCC1(C)C. The maximum atomic E-state index is 10.1. The molecule has 0 aromatic carbocycles. The molecule has 1 heteroatoms. The van der Waals surface area contributed by atoms with Crippen LogP contribution < -0.4 is 0 Å². The lowest BCUT2D eigenvalue weighted by molar-refractivity contribution is 0.0463. The fraction of sp³-hybridized carbons (Fsp3) is 0.846. The Bertz CT molecular complexity index is 184. The van der Waals surface area contributed by atoms with Gasteiger partial charge in [-0.3, -0.25) is 0 Å². The summed E-state index contributed by atoms with van der Waals surface area (Å²) in [5.74, 6) is 0.521. The van der Waals surface area contributed by atoms with Crippen LogP contribution in [0, 0.1) is 11.3 Å². The second kappa shape index (κ2) is 4.97. The first-order valence-corrected chi connectivity index (χ1v) is 5.87. The number of unbranched alkanes of at least 4 members (excludes halogenated alkanes) is 1. The molecular formula is C13H24O. The van der Waals surface area contributed by atoms with E-state index in [1.165, 1.54) is 19.3 Å². The first-order valence-electron chi connectivity index (χ1n) is 5.87. The minimum absolute atomic E-state index is 0.0903. The van der Waals surface area contributed by atoms with E-state index in [1.807, 2.05) is 6.08 Å². The van der Waals surface area contributed by atoms with Gasteiger partial charge in [0.1, 0.15) is 0 Å². The summed E-state index contributed by atoms with van der Waals surface area (Å²) in [4.78, 5) is 0. The van der Waals surface area contributed by atoms with Gasteiger partial charge in [-0.1, -0.05) is 26.3 Å². The molecule has 0 saturated heterocycles. The van der Waals surface area contributed by atoms with Gasteiger partial charge in [-0.05, 0) is 43.4 Å². The van der Waals surface area contributed by atoms with Crippen molar-refractivity contribution in [2.75, 3.05) is 0 Å². The van der Waals surface area contributed by atoms with Gasteiger partial charge >= 0.3 is 0 Å². The number of aliphatic hydroxyl groups excluding tert-OH is 1. The van der Waals surface area contributed by atoms with Crippen LogP contribution in [-0.4, -0.2) is 11.2 Å². The molecule has 2 unspecified atom stereocenters. The van der Waals surface area contributed by atoms with Crippen molar-refractivity contribution in [1.29, 1.82) is 0 Å². The summed E-state index contributed by atoms with van der Waals surface area (Å²) in [7, 11) is 0. The molecule has 1 aliphatic rings. The smallest absolute Gasteiger partial charge is 0.0573 e. The predicted molar refractivity (Wildman–Crippen MR) is 61.2 cm³/mol. The lowest BCUT2D eigenvalue weighted by atomic mass is 9.77. The van der Waals surface area contributed by atoms with Crippen molar-refractivity contribution in [2.45, 2.75) is 58.5 Å². The minimum Gasteiger partial charge on any atom is -0.393 e. The summed E-state index contributed by atoms with van der Waals surface area (Å²) in [6.07, 6.45) is 8.68. The molecule has 0 bridgehead atoms. The third kappa shape index (κ3) is 2.84. The van der Waals surface area contributed by atoms with Crippen molar-refractivity contribution >= 4 is 0 Å². The molecule has 0 aliphatic heterocycles. The highest BCUT2D eigenvalue weighted by atomic mass is 16.3. The van der Waals surface area contributed by atoms with Crippen molar-refractivity contribution in [3.05, 3.63) is 12.7 Å². The number of hydrogen-bond acceptors (Lipinski definition) is 1. The lowest BCUT2D eigenvalue weighted by Crippen LogP contribution is -2.29. The van der Waals surface area contributed by atoms with Crippen LogP contribution in [0.1, 0.15) is 52.4 Å². The van der Waals surface area contributed by atoms with Crippen molar-refractivity contribution in [3.8, 4) is 0 Å². The predicted octanol–water partition coefficient (Wildman–Crippen LogP) is 3.53. The largest absolute Gasteiger partial charge is 0.393 e. The van der Waals surface area contributed by atoms with Crippen LogP contribution in [0.5, 0.6) is 0 Å². The molecule has 0 aromatic rings. The number of rotatable bonds is 5. The van der Waals surface area contributed by atoms with Gasteiger partial charge in [0.15, 0.2) is 0 Å². The van der Waals surface area contributed by atoms with Gasteiger partial charge in [-0.15, -0.1) is 6.58 Å². The number of hydrogen-bond donors (Lipinski definition) is 1. The molecule has 0 heterocycles. The fourth-order valence-electron chi connectivity index (χ4n) is 2.74. The molecule has 82 valence electrons. The monoisotopic (exact) mass is 196 g/mol. The second-order valence-corrected chi connectivity index (χ2v) is 5.27. The van der Waals surface area contributed by atoms with E-state index >= 15 is 0 Å². The third-order valence-corrected chi connectivity index (χ3v) is 3.71. The average Bonchev–Trinajstić information content (AvgIpc) is 2.45. The fourth-order valence-corrected chi connectivity index (χ4v) is 2.74. The van der Waals surface area contributed by atoms with Gasteiger partial charge in [-0.2, -0.15) is 0 Å². The molecule has 0 amide bonds. The zero-order chi connectivity index (χ0) is 10.6. The Hall–Kier alpha value is -0.300. The van der Waals surface area contributed by atoms with Gasteiger partial charge in [0.2, 0.25) is 0 Å². The van der Waals surface area contributed by atoms with Crippen molar-refractivity contribution in [2.24, 2.45) is 11.3 Å². The van der Waals surface area contributed by atoms with Crippen LogP contribution in [0.25, 0.3) is 0 Å². The summed E-state index contributed by atoms with van der Waals surface area (Å²) in [5.41, 5.74) is 0.355. The van der Waals surface area contributed by atoms with Gasteiger partial charge in [0.25, 0.3) is 0 Å². The molecule has 1 nitrogen and oxygen atoms in total.